The van der Waals surface area contributed by atoms with Gasteiger partial charge in [-0.05, 0) is 30.5 Å². The fraction of sp³-hybridized carbons (Fsp3) is 0.391. The molecule has 9 nitrogen and oxygen atoms in total. The van der Waals surface area contributed by atoms with Crippen molar-refractivity contribution in [3.05, 3.63) is 74.3 Å². The average molecular weight is 436 g/mol. The van der Waals surface area contributed by atoms with E-state index < -0.39 is 16.2 Å². The van der Waals surface area contributed by atoms with Crippen LogP contribution >= 0.6 is 0 Å². The maximum absolute atomic E-state index is 13.6. The van der Waals surface area contributed by atoms with E-state index in [2.05, 4.69) is 0 Å². The molecule has 32 heavy (non-hydrogen) atoms. The molecule has 2 aliphatic heterocycles. The van der Waals surface area contributed by atoms with E-state index in [9.17, 15) is 19.7 Å². The van der Waals surface area contributed by atoms with E-state index >= 15 is 0 Å². The number of carbonyl (C=O) groups excluding carboxylic acids is 1. The molecule has 166 valence electrons. The van der Waals surface area contributed by atoms with Crippen molar-refractivity contribution in [2.24, 2.45) is 5.92 Å². The van der Waals surface area contributed by atoms with Gasteiger partial charge >= 0.3 is 11.2 Å². The van der Waals surface area contributed by atoms with Gasteiger partial charge in [0.25, 0.3) is 5.91 Å². The van der Waals surface area contributed by atoms with E-state index in [1.54, 1.807) is 13.2 Å². The number of para-hydroxylation sites is 1. The Bertz CT molecular complexity index is 1280. The van der Waals surface area contributed by atoms with Crippen molar-refractivity contribution in [2.75, 3.05) is 26.8 Å². The molecule has 2 atom stereocenters. The van der Waals surface area contributed by atoms with Crippen molar-refractivity contribution in [1.82, 2.24) is 14.0 Å². The molecule has 1 saturated heterocycles. The normalized spacial score (nSPS) is 19.7. The number of fused-ring (bicyclic) bond motifs is 5. The Labute approximate surface area is 184 Å². The lowest BCUT2D eigenvalue weighted by molar-refractivity contribution is -0.386. The Morgan fingerprint density at radius 2 is 2.00 bits per heavy atom. The Morgan fingerprint density at radius 1 is 1.19 bits per heavy atom. The Balaban J connectivity index is 1.47. The van der Waals surface area contributed by atoms with Crippen LogP contribution in [0, 0.1) is 16.0 Å². The Hall–Kier alpha value is -3.46. The van der Waals surface area contributed by atoms with Crippen LogP contribution < -0.4 is 5.56 Å². The average Bonchev–Trinajstić information content (AvgIpc) is 3.16. The fourth-order valence-corrected chi connectivity index (χ4v) is 5.21. The zero-order valence-corrected chi connectivity index (χ0v) is 17.8. The lowest BCUT2D eigenvalue weighted by Crippen LogP contribution is -2.49. The van der Waals surface area contributed by atoms with E-state index in [0.717, 1.165) is 23.0 Å². The molecule has 0 saturated carbocycles. The van der Waals surface area contributed by atoms with Gasteiger partial charge in [-0.3, -0.25) is 19.7 Å². The van der Waals surface area contributed by atoms with Crippen LogP contribution in [-0.2, 0) is 17.8 Å². The van der Waals surface area contributed by atoms with Gasteiger partial charge in [-0.25, -0.2) is 0 Å². The molecule has 1 amide bonds. The molecule has 4 heterocycles. The topological polar surface area (TPSA) is 99.6 Å². The molecule has 5 rings (SSSR count). The number of methoxy groups -OCH3 is 1. The van der Waals surface area contributed by atoms with Gasteiger partial charge < -0.3 is 18.8 Å². The van der Waals surface area contributed by atoms with Crippen LogP contribution in [0.5, 0.6) is 0 Å². The third kappa shape index (κ3) is 3.29. The first-order chi connectivity index (χ1) is 15.5. The molecule has 0 radical (unpaired) electrons. The number of ether oxygens (including phenoxy) is 1. The summed E-state index contributed by atoms with van der Waals surface area (Å²) in [6.45, 7) is 2.48. The quantitative estimate of drug-likeness (QED) is 0.452. The van der Waals surface area contributed by atoms with Crippen molar-refractivity contribution in [3.8, 4) is 0 Å². The second-order valence-corrected chi connectivity index (χ2v) is 8.56. The van der Waals surface area contributed by atoms with Crippen LogP contribution in [0.2, 0.25) is 0 Å². The SMILES string of the molecule is COCCn1c(C(=O)N2CC3CC(C2)c2ccc([N+](=O)[O-])c(=O)n2C3)cc2ccccc21. The van der Waals surface area contributed by atoms with Crippen LogP contribution in [0.25, 0.3) is 10.9 Å². The van der Waals surface area contributed by atoms with Crippen molar-refractivity contribution in [1.29, 1.82) is 0 Å². The standard InChI is InChI=1S/C23H24N4O5/c1-32-9-8-25-18-5-3-2-4-16(18)11-21(25)22(28)24-12-15-10-17(14-24)19-6-7-20(27(30)31)23(29)26(19)13-15/h2-7,11,15,17H,8-10,12-14H2,1H3. The molecular weight excluding hydrogens is 412 g/mol. The number of benzene rings is 1. The molecule has 1 aromatic carbocycles. The summed E-state index contributed by atoms with van der Waals surface area (Å²) in [6, 6.07) is 12.8. The second kappa shape index (κ2) is 7.90. The molecule has 2 unspecified atom stereocenters. The number of nitrogens with zero attached hydrogens (tertiary/aromatic N) is 4. The summed E-state index contributed by atoms with van der Waals surface area (Å²) in [5.74, 6) is 0.0307. The number of hydrogen-bond acceptors (Lipinski definition) is 5. The highest BCUT2D eigenvalue weighted by molar-refractivity contribution is 5.99. The van der Waals surface area contributed by atoms with E-state index in [4.69, 9.17) is 4.74 Å². The van der Waals surface area contributed by atoms with Gasteiger partial charge in [0.15, 0.2) is 0 Å². The first-order valence-corrected chi connectivity index (χ1v) is 10.7. The predicted molar refractivity (Wildman–Crippen MR) is 118 cm³/mol. The van der Waals surface area contributed by atoms with Gasteiger partial charge in [-0.15, -0.1) is 0 Å². The lowest BCUT2D eigenvalue weighted by atomic mass is 9.83. The zero-order chi connectivity index (χ0) is 22.4. The van der Waals surface area contributed by atoms with Crippen LogP contribution in [0.1, 0.15) is 28.5 Å². The van der Waals surface area contributed by atoms with Crippen LogP contribution in [-0.4, -0.2) is 51.7 Å². The Morgan fingerprint density at radius 3 is 2.78 bits per heavy atom. The van der Waals surface area contributed by atoms with Crippen LogP contribution in [0.4, 0.5) is 5.69 Å². The summed E-state index contributed by atoms with van der Waals surface area (Å²) >= 11 is 0. The van der Waals surface area contributed by atoms with Gasteiger partial charge in [0.05, 0.1) is 11.5 Å². The van der Waals surface area contributed by atoms with E-state index in [-0.39, 0.29) is 17.7 Å². The van der Waals surface area contributed by atoms with Crippen molar-refractivity contribution in [3.63, 3.8) is 0 Å². The minimum atomic E-state index is -0.630. The summed E-state index contributed by atoms with van der Waals surface area (Å²) in [6.07, 6.45) is 0.869. The van der Waals surface area contributed by atoms with Crippen molar-refractivity contribution in [2.45, 2.75) is 25.4 Å². The van der Waals surface area contributed by atoms with E-state index in [0.29, 0.717) is 38.5 Å². The molecule has 2 bridgehead atoms. The highest BCUT2D eigenvalue weighted by atomic mass is 16.6. The molecule has 0 N–H and O–H groups in total. The van der Waals surface area contributed by atoms with Crippen molar-refractivity contribution < 1.29 is 14.5 Å². The molecule has 1 fully saturated rings. The number of rotatable bonds is 5. The second-order valence-electron chi connectivity index (χ2n) is 8.56. The molecule has 3 aromatic rings. The smallest absolute Gasteiger partial charge is 0.334 e. The summed E-state index contributed by atoms with van der Waals surface area (Å²) < 4.78 is 8.80. The molecular formula is C23H24N4O5. The zero-order valence-electron chi connectivity index (χ0n) is 17.8. The van der Waals surface area contributed by atoms with Crippen LogP contribution in [0.3, 0.4) is 0 Å². The molecule has 2 aromatic heterocycles. The number of pyridine rings is 1. The maximum Gasteiger partial charge on any atom is 0.334 e. The number of likely N-dealkylation sites (tertiary alicyclic amines) is 1. The minimum Gasteiger partial charge on any atom is -0.383 e. The van der Waals surface area contributed by atoms with Gasteiger partial charge in [0.2, 0.25) is 0 Å². The number of aromatic nitrogens is 2. The van der Waals surface area contributed by atoms with Gasteiger partial charge in [0.1, 0.15) is 5.69 Å². The Kier molecular flexibility index (Phi) is 5.05. The highest BCUT2D eigenvalue weighted by Crippen LogP contribution is 2.36. The molecule has 0 aliphatic carbocycles. The first-order valence-electron chi connectivity index (χ1n) is 10.7. The summed E-state index contributed by atoms with van der Waals surface area (Å²) in [7, 11) is 1.64. The third-order valence-corrected chi connectivity index (χ3v) is 6.62. The summed E-state index contributed by atoms with van der Waals surface area (Å²) in [4.78, 5) is 38.6. The number of piperidine rings is 1. The maximum atomic E-state index is 13.6. The minimum absolute atomic E-state index is 0.0169. The van der Waals surface area contributed by atoms with E-state index in [1.165, 1.54) is 10.6 Å². The van der Waals surface area contributed by atoms with Crippen molar-refractivity contribution >= 4 is 22.5 Å². The third-order valence-electron chi connectivity index (χ3n) is 6.62. The number of amides is 1. The van der Waals surface area contributed by atoms with Gasteiger partial charge in [0, 0.05) is 61.9 Å². The highest BCUT2D eigenvalue weighted by Gasteiger charge is 2.38. The number of hydrogen-bond donors (Lipinski definition) is 0. The monoisotopic (exact) mass is 436 g/mol. The summed E-state index contributed by atoms with van der Waals surface area (Å²) in [5, 5.41) is 12.2. The van der Waals surface area contributed by atoms with Crippen LogP contribution in [0.15, 0.2) is 47.3 Å². The first kappa shape index (κ1) is 20.4. The van der Waals surface area contributed by atoms with Gasteiger partial charge in [-0.2, -0.15) is 0 Å². The molecule has 0 spiro atoms. The summed E-state index contributed by atoms with van der Waals surface area (Å²) in [5.41, 5.74) is 1.44. The van der Waals surface area contributed by atoms with Gasteiger partial charge in [-0.1, -0.05) is 18.2 Å². The lowest BCUT2D eigenvalue weighted by Gasteiger charge is -2.42. The largest absolute Gasteiger partial charge is 0.383 e. The fourth-order valence-electron chi connectivity index (χ4n) is 5.21. The predicted octanol–water partition coefficient (Wildman–Crippen LogP) is 2.62. The molecule has 2 aliphatic rings. The van der Waals surface area contributed by atoms with E-state index in [1.807, 2.05) is 39.8 Å². The number of nitro groups is 1. The number of carbonyl (C=O) groups is 1. The molecule has 9 heteroatoms.